The molecule has 0 heterocycles. The van der Waals surface area contributed by atoms with Crippen LogP contribution in [0.15, 0.2) is 24.3 Å². The summed E-state index contributed by atoms with van der Waals surface area (Å²) in [5.74, 6) is -0.398. The molecule has 0 radical (unpaired) electrons. The van der Waals surface area contributed by atoms with Crippen molar-refractivity contribution in [2.24, 2.45) is 0 Å². The van der Waals surface area contributed by atoms with Crippen molar-refractivity contribution in [2.45, 2.75) is 19.9 Å². The minimum absolute atomic E-state index is 0.0331. The molecule has 0 aliphatic heterocycles. The van der Waals surface area contributed by atoms with Crippen molar-refractivity contribution >= 4 is 17.8 Å². The van der Waals surface area contributed by atoms with E-state index in [0.29, 0.717) is 6.54 Å². The van der Waals surface area contributed by atoms with Gasteiger partial charge in [-0.2, -0.15) is 0 Å². The molecule has 0 aliphatic rings. The molecule has 2 N–H and O–H groups in total. The molecule has 0 saturated heterocycles. The van der Waals surface area contributed by atoms with Gasteiger partial charge in [-0.25, -0.2) is 0 Å². The van der Waals surface area contributed by atoms with E-state index in [2.05, 4.69) is 10.6 Å². The first-order chi connectivity index (χ1) is 10.5. The molecule has 120 valence electrons. The predicted octanol–water partition coefficient (Wildman–Crippen LogP) is 0.381. The van der Waals surface area contributed by atoms with Gasteiger partial charge in [0, 0.05) is 20.0 Å². The zero-order chi connectivity index (χ0) is 16.4. The quantitative estimate of drug-likeness (QED) is 0.677. The third-order valence-electron chi connectivity index (χ3n) is 2.72. The van der Waals surface area contributed by atoms with Gasteiger partial charge < -0.3 is 20.1 Å². The van der Waals surface area contributed by atoms with E-state index in [9.17, 15) is 14.4 Å². The average Bonchev–Trinajstić information content (AvgIpc) is 2.51. The van der Waals surface area contributed by atoms with Gasteiger partial charge in [0.25, 0.3) is 5.91 Å². The summed E-state index contributed by atoms with van der Waals surface area (Å²) < 4.78 is 9.82. The Labute approximate surface area is 129 Å². The van der Waals surface area contributed by atoms with Gasteiger partial charge in [-0.05, 0) is 17.7 Å². The number of carbonyl (C=O) groups is 3. The molecule has 1 aromatic carbocycles. The van der Waals surface area contributed by atoms with Crippen molar-refractivity contribution in [1.29, 1.82) is 0 Å². The number of rotatable bonds is 8. The van der Waals surface area contributed by atoms with Gasteiger partial charge in [0.05, 0.1) is 13.5 Å². The fourth-order valence-corrected chi connectivity index (χ4v) is 1.55. The zero-order valence-corrected chi connectivity index (χ0v) is 12.7. The van der Waals surface area contributed by atoms with Crippen LogP contribution in [-0.4, -0.2) is 38.0 Å². The minimum Gasteiger partial charge on any atom is -0.497 e. The summed E-state index contributed by atoms with van der Waals surface area (Å²) in [7, 11) is 1.58. The van der Waals surface area contributed by atoms with Crippen molar-refractivity contribution in [3.05, 3.63) is 29.8 Å². The largest absolute Gasteiger partial charge is 0.497 e. The molecule has 7 nitrogen and oxygen atoms in total. The lowest BCUT2D eigenvalue weighted by atomic mass is 10.2. The Balaban J connectivity index is 2.19. The van der Waals surface area contributed by atoms with Crippen LogP contribution in [0.4, 0.5) is 0 Å². The molecule has 0 aromatic heterocycles. The minimum atomic E-state index is -0.534. The summed E-state index contributed by atoms with van der Waals surface area (Å²) in [6.07, 6.45) is 0.0331. The third kappa shape index (κ3) is 7.28. The molecule has 1 aromatic rings. The Morgan fingerprint density at radius 3 is 2.36 bits per heavy atom. The maximum atomic E-state index is 11.5. The lowest BCUT2D eigenvalue weighted by Crippen LogP contribution is -2.29. The molecule has 0 aliphatic carbocycles. The standard InChI is InChI=1S/C15H20N2O5/c1-11(18)16-8-7-15(20)22-10-14(19)17-9-12-3-5-13(21-2)6-4-12/h3-6H,7-10H2,1-2H3,(H,16,18)(H,17,19). The summed E-state index contributed by atoms with van der Waals surface area (Å²) in [5, 5.41) is 5.11. The van der Waals surface area contributed by atoms with Gasteiger partial charge in [0.15, 0.2) is 6.61 Å². The van der Waals surface area contributed by atoms with Gasteiger partial charge in [-0.3, -0.25) is 14.4 Å². The molecular formula is C15H20N2O5. The van der Waals surface area contributed by atoms with Crippen molar-refractivity contribution in [3.63, 3.8) is 0 Å². The van der Waals surface area contributed by atoms with Crippen LogP contribution in [0.25, 0.3) is 0 Å². The predicted molar refractivity (Wildman–Crippen MR) is 79.1 cm³/mol. The number of benzene rings is 1. The highest BCUT2D eigenvalue weighted by atomic mass is 16.5. The molecule has 1 rings (SSSR count). The van der Waals surface area contributed by atoms with Crippen LogP contribution in [0.5, 0.6) is 5.75 Å². The molecule has 0 saturated carbocycles. The highest BCUT2D eigenvalue weighted by Crippen LogP contribution is 2.10. The third-order valence-corrected chi connectivity index (χ3v) is 2.72. The lowest BCUT2D eigenvalue weighted by molar-refractivity contribution is -0.148. The Morgan fingerprint density at radius 1 is 1.09 bits per heavy atom. The first-order valence-corrected chi connectivity index (χ1v) is 6.81. The second-order valence-corrected chi connectivity index (χ2v) is 4.52. The highest BCUT2D eigenvalue weighted by Gasteiger charge is 2.07. The highest BCUT2D eigenvalue weighted by molar-refractivity contribution is 5.80. The summed E-state index contributed by atoms with van der Waals surface area (Å²) in [5.41, 5.74) is 0.908. The van der Waals surface area contributed by atoms with Crippen LogP contribution >= 0.6 is 0 Å². The van der Waals surface area contributed by atoms with E-state index in [-0.39, 0.29) is 31.4 Å². The molecule has 22 heavy (non-hydrogen) atoms. The Bertz CT molecular complexity index is 513. The van der Waals surface area contributed by atoms with Gasteiger partial charge in [0.1, 0.15) is 5.75 Å². The molecular weight excluding hydrogens is 288 g/mol. The molecule has 0 fully saturated rings. The zero-order valence-electron chi connectivity index (χ0n) is 12.7. The monoisotopic (exact) mass is 308 g/mol. The molecule has 0 atom stereocenters. The maximum absolute atomic E-state index is 11.5. The van der Waals surface area contributed by atoms with E-state index in [1.165, 1.54) is 6.92 Å². The molecule has 2 amide bonds. The SMILES string of the molecule is COc1ccc(CNC(=O)COC(=O)CCNC(C)=O)cc1. The first kappa shape index (κ1) is 17.5. The second kappa shape index (κ2) is 9.38. The fraction of sp³-hybridized carbons (Fsp3) is 0.400. The number of methoxy groups -OCH3 is 1. The summed E-state index contributed by atoms with van der Waals surface area (Å²) in [6.45, 7) is 1.56. The number of hydrogen-bond donors (Lipinski definition) is 2. The van der Waals surface area contributed by atoms with Crippen LogP contribution in [0, 0.1) is 0 Å². The summed E-state index contributed by atoms with van der Waals surface area (Å²) in [6, 6.07) is 7.25. The molecule has 0 spiro atoms. The van der Waals surface area contributed by atoms with Crippen molar-refractivity contribution in [3.8, 4) is 5.75 Å². The fourth-order valence-electron chi connectivity index (χ4n) is 1.55. The normalized spacial score (nSPS) is 9.73. The number of hydrogen-bond acceptors (Lipinski definition) is 5. The van der Waals surface area contributed by atoms with Crippen LogP contribution in [0.2, 0.25) is 0 Å². The first-order valence-electron chi connectivity index (χ1n) is 6.81. The number of amides is 2. The topological polar surface area (TPSA) is 93.7 Å². The summed E-state index contributed by atoms with van der Waals surface area (Å²) >= 11 is 0. The summed E-state index contributed by atoms with van der Waals surface area (Å²) in [4.78, 5) is 33.5. The average molecular weight is 308 g/mol. The molecule has 0 bridgehead atoms. The molecule has 0 unspecified atom stereocenters. The number of nitrogens with one attached hydrogen (secondary N) is 2. The maximum Gasteiger partial charge on any atom is 0.308 e. The number of esters is 1. The lowest BCUT2D eigenvalue weighted by Gasteiger charge is -2.07. The van der Waals surface area contributed by atoms with Crippen molar-refractivity contribution < 1.29 is 23.9 Å². The van der Waals surface area contributed by atoms with Gasteiger partial charge in [-0.1, -0.05) is 12.1 Å². The van der Waals surface area contributed by atoms with E-state index >= 15 is 0 Å². The van der Waals surface area contributed by atoms with Gasteiger partial charge in [-0.15, -0.1) is 0 Å². The van der Waals surface area contributed by atoms with E-state index in [4.69, 9.17) is 9.47 Å². The van der Waals surface area contributed by atoms with Crippen LogP contribution in [-0.2, 0) is 25.7 Å². The van der Waals surface area contributed by atoms with E-state index in [1.54, 1.807) is 19.2 Å². The Kier molecular flexibility index (Phi) is 7.45. The second-order valence-electron chi connectivity index (χ2n) is 4.52. The number of carbonyl (C=O) groups excluding carboxylic acids is 3. The van der Waals surface area contributed by atoms with Gasteiger partial charge in [0.2, 0.25) is 5.91 Å². The van der Waals surface area contributed by atoms with Crippen LogP contribution in [0.1, 0.15) is 18.9 Å². The van der Waals surface area contributed by atoms with Crippen LogP contribution < -0.4 is 15.4 Å². The van der Waals surface area contributed by atoms with Gasteiger partial charge >= 0.3 is 5.97 Å². The van der Waals surface area contributed by atoms with Crippen molar-refractivity contribution in [2.75, 3.05) is 20.3 Å². The van der Waals surface area contributed by atoms with E-state index in [0.717, 1.165) is 11.3 Å². The molecule has 7 heteroatoms. The Morgan fingerprint density at radius 2 is 1.77 bits per heavy atom. The van der Waals surface area contributed by atoms with Crippen LogP contribution in [0.3, 0.4) is 0 Å². The smallest absolute Gasteiger partial charge is 0.308 e. The Hall–Kier alpha value is -2.57. The van der Waals surface area contributed by atoms with Crippen molar-refractivity contribution in [1.82, 2.24) is 10.6 Å². The van der Waals surface area contributed by atoms with E-state index in [1.807, 2.05) is 12.1 Å². The number of ether oxygens (including phenoxy) is 2. The van der Waals surface area contributed by atoms with E-state index < -0.39 is 5.97 Å².